The van der Waals surface area contributed by atoms with E-state index in [1.807, 2.05) is 0 Å². The third-order valence-electron chi connectivity index (χ3n) is 11.2. The summed E-state index contributed by atoms with van der Waals surface area (Å²) in [5.41, 5.74) is 13.9. The lowest BCUT2D eigenvalue weighted by molar-refractivity contribution is 0.669. The molecular weight excluding hydrogens is 665 g/mol. The average Bonchev–Trinajstić information content (AvgIpc) is 3.63. The second-order valence-electron chi connectivity index (χ2n) is 14.5. The molecule has 0 bridgehead atoms. The van der Waals surface area contributed by atoms with E-state index in [0.717, 1.165) is 21.9 Å². The molecule has 0 atom stereocenters. The minimum atomic E-state index is 0.904. The highest BCUT2D eigenvalue weighted by molar-refractivity contribution is 6.21. The minimum absolute atomic E-state index is 0.904. The first-order chi connectivity index (χ1) is 27.2. The van der Waals surface area contributed by atoms with E-state index in [0.29, 0.717) is 0 Å². The highest BCUT2D eigenvalue weighted by Crippen LogP contribution is 2.45. The molecule has 0 aliphatic carbocycles. The van der Waals surface area contributed by atoms with Crippen molar-refractivity contribution in [2.45, 2.75) is 0 Å². The van der Waals surface area contributed by atoms with Crippen LogP contribution in [0.15, 0.2) is 211 Å². The Kier molecular flexibility index (Phi) is 7.25. The molecule has 0 spiro atoms. The maximum Gasteiger partial charge on any atom is 0.135 e. The quantitative estimate of drug-likeness (QED) is 0.163. The third kappa shape index (κ3) is 5.32. The molecule has 0 radical (unpaired) electrons. The molecule has 0 fully saturated rings. The van der Waals surface area contributed by atoms with E-state index in [1.54, 1.807) is 0 Å². The summed E-state index contributed by atoms with van der Waals surface area (Å²) in [6, 6.07) is 74.8. The molecule has 1 heterocycles. The summed E-state index contributed by atoms with van der Waals surface area (Å²) in [6.07, 6.45) is 0. The van der Waals surface area contributed by atoms with Crippen molar-refractivity contribution < 1.29 is 4.42 Å². The fourth-order valence-corrected chi connectivity index (χ4v) is 8.57. The molecular formula is C54H34O. The highest BCUT2D eigenvalue weighted by Gasteiger charge is 2.17. The molecule has 0 aliphatic heterocycles. The summed E-state index contributed by atoms with van der Waals surface area (Å²) in [7, 11) is 0. The van der Waals surface area contributed by atoms with Crippen molar-refractivity contribution in [2.75, 3.05) is 0 Å². The van der Waals surface area contributed by atoms with Crippen LogP contribution in [0.3, 0.4) is 0 Å². The van der Waals surface area contributed by atoms with E-state index in [9.17, 15) is 0 Å². The summed E-state index contributed by atoms with van der Waals surface area (Å²) < 4.78 is 6.28. The van der Waals surface area contributed by atoms with Crippen LogP contribution in [0, 0.1) is 0 Å². The molecule has 0 unspecified atom stereocenters. The Balaban J connectivity index is 1.01. The third-order valence-corrected chi connectivity index (χ3v) is 11.2. The van der Waals surface area contributed by atoms with E-state index in [-0.39, 0.29) is 0 Å². The van der Waals surface area contributed by atoms with Crippen LogP contribution >= 0.6 is 0 Å². The van der Waals surface area contributed by atoms with Gasteiger partial charge in [-0.3, -0.25) is 0 Å². The number of furan rings is 1. The number of fused-ring (bicyclic) bond motifs is 6. The first kappa shape index (κ1) is 31.3. The molecule has 10 aromatic carbocycles. The second kappa shape index (κ2) is 12.7. The summed E-state index contributed by atoms with van der Waals surface area (Å²) >= 11 is 0. The molecule has 0 saturated heterocycles. The average molecular weight is 699 g/mol. The number of hydrogen-bond donors (Lipinski definition) is 0. The van der Waals surface area contributed by atoms with Crippen molar-refractivity contribution in [3.63, 3.8) is 0 Å². The molecule has 11 rings (SSSR count). The van der Waals surface area contributed by atoms with Gasteiger partial charge in [0.25, 0.3) is 0 Å². The van der Waals surface area contributed by atoms with Gasteiger partial charge in [-0.2, -0.15) is 0 Å². The molecule has 0 N–H and O–H groups in total. The molecule has 55 heavy (non-hydrogen) atoms. The Labute approximate surface area is 319 Å². The standard InChI is InChI=1S/C54H34O/c1-2-11-35(12-3-1)42-27-29-51-49(33-42)50-34-43(28-30-52(50)55-51)37-21-24-38(25-22-37)53-45-17-6-8-19-47(45)54(48-20-9-7-18-46(48)53)44-16-10-15-40(32-44)41-26-23-36-13-4-5-14-39(36)31-41/h1-34H. The van der Waals surface area contributed by atoms with Gasteiger partial charge in [0.1, 0.15) is 11.2 Å². The molecule has 256 valence electrons. The van der Waals surface area contributed by atoms with Crippen LogP contribution < -0.4 is 0 Å². The van der Waals surface area contributed by atoms with Crippen molar-refractivity contribution in [3.8, 4) is 55.6 Å². The van der Waals surface area contributed by atoms with Crippen LogP contribution in [0.25, 0.3) is 110 Å². The number of hydrogen-bond acceptors (Lipinski definition) is 1. The summed E-state index contributed by atoms with van der Waals surface area (Å²) in [5, 5.41) is 9.78. The zero-order chi connectivity index (χ0) is 36.3. The van der Waals surface area contributed by atoms with Gasteiger partial charge in [-0.15, -0.1) is 0 Å². The molecule has 11 aromatic rings. The molecule has 0 saturated carbocycles. The summed E-state index contributed by atoms with van der Waals surface area (Å²) in [4.78, 5) is 0. The smallest absolute Gasteiger partial charge is 0.135 e. The Bertz CT molecular complexity index is 3180. The van der Waals surface area contributed by atoms with Gasteiger partial charge in [0.2, 0.25) is 0 Å². The van der Waals surface area contributed by atoms with Crippen molar-refractivity contribution in [1.29, 1.82) is 0 Å². The monoisotopic (exact) mass is 698 g/mol. The van der Waals surface area contributed by atoms with E-state index in [2.05, 4.69) is 206 Å². The lowest BCUT2D eigenvalue weighted by Gasteiger charge is -2.18. The molecule has 0 amide bonds. The van der Waals surface area contributed by atoms with Crippen LogP contribution in [-0.2, 0) is 0 Å². The van der Waals surface area contributed by atoms with E-state index in [1.165, 1.54) is 88.0 Å². The predicted octanol–water partition coefficient (Wildman–Crippen LogP) is 15.4. The number of rotatable bonds is 5. The first-order valence-electron chi connectivity index (χ1n) is 18.9. The van der Waals surface area contributed by atoms with E-state index < -0.39 is 0 Å². The van der Waals surface area contributed by atoms with Crippen LogP contribution in [-0.4, -0.2) is 0 Å². The lowest BCUT2D eigenvalue weighted by Crippen LogP contribution is -1.91. The summed E-state index contributed by atoms with van der Waals surface area (Å²) in [6.45, 7) is 0. The van der Waals surface area contributed by atoms with Gasteiger partial charge < -0.3 is 4.42 Å². The topological polar surface area (TPSA) is 13.1 Å². The SMILES string of the molecule is c1ccc(-c2ccc3oc4ccc(-c5ccc(-c6c7ccccc7c(-c7cccc(-c8ccc9ccccc9c8)c7)c7ccccc67)cc5)cc4c3c2)cc1. The minimum Gasteiger partial charge on any atom is -0.456 e. The van der Waals surface area contributed by atoms with Gasteiger partial charge in [-0.25, -0.2) is 0 Å². The Hall–Kier alpha value is -7.22. The maximum absolute atomic E-state index is 6.28. The van der Waals surface area contributed by atoms with Crippen LogP contribution in [0.1, 0.15) is 0 Å². The van der Waals surface area contributed by atoms with Gasteiger partial charge in [-0.05, 0) is 124 Å². The van der Waals surface area contributed by atoms with E-state index >= 15 is 0 Å². The second-order valence-corrected chi connectivity index (χ2v) is 14.5. The van der Waals surface area contributed by atoms with Crippen molar-refractivity contribution in [2.24, 2.45) is 0 Å². The lowest BCUT2D eigenvalue weighted by atomic mass is 9.85. The molecule has 1 heteroatoms. The largest absolute Gasteiger partial charge is 0.456 e. The molecule has 1 nitrogen and oxygen atoms in total. The van der Waals surface area contributed by atoms with Gasteiger partial charge in [0, 0.05) is 10.8 Å². The van der Waals surface area contributed by atoms with Crippen molar-refractivity contribution >= 4 is 54.3 Å². The predicted molar refractivity (Wildman–Crippen MR) is 233 cm³/mol. The van der Waals surface area contributed by atoms with Gasteiger partial charge in [-0.1, -0.05) is 170 Å². The van der Waals surface area contributed by atoms with Crippen molar-refractivity contribution in [1.82, 2.24) is 0 Å². The molecule has 1 aromatic heterocycles. The van der Waals surface area contributed by atoms with Crippen LogP contribution in [0.4, 0.5) is 0 Å². The zero-order valence-corrected chi connectivity index (χ0v) is 30.0. The maximum atomic E-state index is 6.28. The normalized spacial score (nSPS) is 11.6. The van der Waals surface area contributed by atoms with Gasteiger partial charge in [0.15, 0.2) is 0 Å². The van der Waals surface area contributed by atoms with Gasteiger partial charge >= 0.3 is 0 Å². The number of benzene rings is 10. The fraction of sp³-hybridized carbons (Fsp3) is 0. The van der Waals surface area contributed by atoms with E-state index in [4.69, 9.17) is 4.42 Å². The Morgan fingerprint density at radius 1 is 0.218 bits per heavy atom. The fourth-order valence-electron chi connectivity index (χ4n) is 8.57. The summed E-state index contributed by atoms with van der Waals surface area (Å²) in [5.74, 6) is 0. The van der Waals surface area contributed by atoms with Crippen LogP contribution in [0.5, 0.6) is 0 Å². The van der Waals surface area contributed by atoms with Crippen LogP contribution in [0.2, 0.25) is 0 Å². The Morgan fingerprint density at radius 3 is 1.27 bits per heavy atom. The van der Waals surface area contributed by atoms with Crippen molar-refractivity contribution in [3.05, 3.63) is 206 Å². The first-order valence-corrected chi connectivity index (χ1v) is 18.9. The zero-order valence-electron chi connectivity index (χ0n) is 30.0. The molecule has 0 aliphatic rings. The Morgan fingerprint density at radius 2 is 0.636 bits per heavy atom. The highest BCUT2D eigenvalue weighted by atomic mass is 16.3. The van der Waals surface area contributed by atoms with Gasteiger partial charge in [0.05, 0.1) is 0 Å².